The summed E-state index contributed by atoms with van der Waals surface area (Å²) in [4.78, 5) is 13.7. The molecule has 2 aliphatic carbocycles. The normalized spacial score (nSPS) is 22.6. The predicted molar refractivity (Wildman–Crippen MR) is 140 cm³/mol. The van der Waals surface area contributed by atoms with Crippen molar-refractivity contribution in [2.24, 2.45) is 14.9 Å². The van der Waals surface area contributed by atoms with E-state index in [1.807, 2.05) is 6.07 Å². The summed E-state index contributed by atoms with van der Waals surface area (Å²) in [6, 6.07) is 10.8. The van der Waals surface area contributed by atoms with Gasteiger partial charge in [-0.1, -0.05) is 19.9 Å². The average Bonchev–Trinajstić information content (AvgIpc) is 3.24. The fourth-order valence-corrected chi connectivity index (χ4v) is 6.73. The van der Waals surface area contributed by atoms with Gasteiger partial charge in [-0.3, -0.25) is 0 Å². The van der Waals surface area contributed by atoms with Gasteiger partial charge in [0.05, 0.1) is 28.1 Å². The number of halogens is 2. The lowest BCUT2D eigenvalue weighted by Gasteiger charge is -2.37. The Bertz CT molecular complexity index is 1690. The Morgan fingerprint density at radius 3 is 2.53 bits per heavy atom. The average molecular weight is 534 g/mol. The number of hydrogen-bond donors (Lipinski definition) is 1. The standard InChI is InChI=1S/C27H25F2N7OS/c1-26(2)17-9-11-27(26,24-16(17)13-20(34-35-24)23-18(28)5-4-6-19(23)29)21-10-12-31-25(33-21)15-7-8-22(32-14-15)36-38(3,30)37/h4-8,10,12-14,17H,9,11H2,1-3H3,(H2,30,32,36,37)/t17-,27+,38?/m0/s1. The summed E-state index contributed by atoms with van der Waals surface area (Å²) in [7, 11) is -2.82. The Morgan fingerprint density at radius 2 is 1.84 bits per heavy atom. The molecule has 8 nitrogen and oxygen atoms in total. The second kappa shape index (κ2) is 8.40. The Hall–Kier alpha value is -3.70. The third-order valence-electron chi connectivity index (χ3n) is 7.97. The number of hydrogen-bond acceptors (Lipinski definition) is 7. The minimum Gasteiger partial charge on any atom is -0.245 e. The monoisotopic (exact) mass is 533 g/mol. The zero-order chi connectivity index (χ0) is 26.9. The molecule has 11 heteroatoms. The van der Waals surface area contributed by atoms with Gasteiger partial charge in [-0.15, -0.1) is 5.10 Å². The molecule has 1 saturated carbocycles. The number of aromatic nitrogens is 5. The molecule has 38 heavy (non-hydrogen) atoms. The fraction of sp³-hybridized carbons (Fsp3) is 0.296. The van der Waals surface area contributed by atoms with Crippen LogP contribution in [0.1, 0.15) is 49.6 Å². The van der Waals surface area contributed by atoms with Crippen molar-refractivity contribution in [3.63, 3.8) is 0 Å². The summed E-state index contributed by atoms with van der Waals surface area (Å²) in [6.45, 7) is 4.37. The van der Waals surface area contributed by atoms with Gasteiger partial charge in [0.1, 0.15) is 21.5 Å². The molecule has 4 aromatic rings. The van der Waals surface area contributed by atoms with Crippen LogP contribution in [0.15, 0.2) is 59.2 Å². The van der Waals surface area contributed by atoms with E-state index in [1.165, 1.54) is 24.5 Å². The topological polar surface area (TPSA) is 120 Å². The molecule has 1 aromatic carbocycles. The summed E-state index contributed by atoms with van der Waals surface area (Å²) in [5.41, 5.74) is 2.42. The van der Waals surface area contributed by atoms with Crippen LogP contribution < -0.4 is 5.14 Å². The maximum absolute atomic E-state index is 14.5. The summed E-state index contributed by atoms with van der Waals surface area (Å²) < 4.78 is 44.7. The van der Waals surface area contributed by atoms with Crippen LogP contribution in [0.4, 0.5) is 14.6 Å². The minimum absolute atomic E-state index is 0.128. The van der Waals surface area contributed by atoms with Gasteiger partial charge in [0.15, 0.2) is 11.6 Å². The van der Waals surface area contributed by atoms with E-state index in [1.54, 1.807) is 30.6 Å². The van der Waals surface area contributed by atoms with Crippen LogP contribution >= 0.6 is 0 Å². The van der Waals surface area contributed by atoms with Crippen LogP contribution in [0, 0.1) is 17.0 Å². The lowest BCUT2D eigenvalue weighted by molar-refractivity contribution is 0.243. The Morgan fingerprint density at radius 1 is 1.08 bits per heavy atom. The lowest BCUT2D eigenvalue weighted by Crippen LogP contribution is -2.38. The minimum atomic E-state index is -2.82. The zero-order valence-corrected chi connectivity index (χ0v) is 21.8. The van der Waals surface area contributed by atoms with Crippen molar-refractivity contribution in [1.82, 2.24) is 25.1 Å². The molecule has 2 N–H and O–H groups in total. The van der Waals surface area contributed by atoms with E-state index in [0.29, 0.717) is 11.4 Å². The molecule has 1 fully saturated rings. The molecular weight excluding hydrogens is 508 g/mol. The highest BCUT2D eigenvalue weighted by Gasteiger charge is 2.65. The quantitative estimate of drug-likeness (QED) is 0.391. The molecule has 0 spiro atoms. The summed E-state index contributed by atoms with van der Waals surface area (Å²) in [5, 5.41) is 14.4. The van der Waals surface area contributed by atoms with E-state index in [0.717, 1.165) is 29.8 Å². The number of nitrogens with two attached hydrogens (primary N) is 1. The van der Waals surface area contributed by atoms with Crippen molar-refractivity contribution < 1.29 is 13.0 Å². The van der Waals surface area contributed by atoms with E-state index in [-0.39, 0.29) is 28.4 Å². The third-order valence-corrected chi connectivity index (χ3v) is 8.52. The van der Waals surface area contributed by atoms with Crippen LogP contribution in [0.3, 0.4) is 0 Å². The van der Waals surface area contributed by atoms with Crippen LogP contribution in [-0.4, -0.2) is 35.6 Å². The SMILES string of the molecule is CC1(C)[C@H]2CC[C@@]1(c1ccnc(-c3ccc(N=S(C)(N)=O)nc3)n1)c1nnc(-c3c(F)cccc3F)cc12. The first kappa shape index (κ1) is 24.6. The largest absolute Gasteiger partial charge is 0.245 e. The molecule has 3 atom stereocenters. The Labute approximate surface area is 219 Å². The molecule has 3 aromatic heterocycles. The molecular formula is C27H25F2N7OS. The van der Waals surface area contributed by atoms with Crippen LogP contribution in [0.5, 0.6) is 0 Å². The summed E-state index contributed by atoms with van der Waals surface area (Å²) in [6.07, 6.45) is 6.32. The molecule has 0 amide bonds. The number of rotatable bonds is 4. The molecule has 2 bridgehead atoms. The molecule has 194 valence electrons. The molecule has 0 aliphatic heterocycles. The third kappa shape index (κ3) is 3.64. The highest BCUT2D eigenvalue weighted by molar-refractivity contribution is 7.90. The molecule has 0 radical (unpaired) electrons. The van der Waals surface area contributed by atoms with E-state index >= 15 is 0 Å². The molecule has 2 aliphatic rings. The first-order valence-electron chi connectivity index (χ1n) is 12.1. The smallest absolute Gasteiger partial charge is 0.162 e. The van der Waals surface area contributed by atoms with Gasteiger partial charge >= 0.3 is 0 Å². The van der Waals surface area contributed by atoms with Crippen molar-refractivity contribution in [2.75, 3.05) is 6.26 Å². The van der Waals surface area contributed by atoms with Crippen molar-refractivity contribution in [2.45, 2.75) is 38.0 Å². The summed E-state index contributed by atoms with van der Waals surface area (Å²) >= 11 is 0. The number of fused-ring (bicyclic) bond motifs is 5. The summed E-state index contributed by atoms with van der Waals surface area (Å²) in [5.74, 6) is -0.469. The van der Waals surface area contributed by atoms with Crippen LogP contribution in [-0.2, 0) is 15.3 Å². The van der Waals surface area contributed by atoms with Gasteiger partial charge in [-0.05, 0) is 66.1 Å². The van der Waals surface area contributed by atoms with Crippen LogP contribution in [0.25, 0.3) is 22.6 Å². The van der Waals surface area contributed by atoms with Gasteiger partial charge in [-0.2, -0.15) is 9.46 Å². The van der Waals surface area contributed by atoms with E-state index in [4.69, 9.17) is 10.1 Å². The fourth-order valence-electron chi connectivity index (χ4n) is 6.25. The van der Waals surface area contributed by atoms with Crippen molar-refractivity contribution >= 4 is 15.7 Å². The van der Waals surface area contributed by atoms with Crippen molar-refractivity contribution in [3.05, 3.63) is 83.4 Å². The van der Waals surface area contributed by atoms with Gasteiger partial charge in [-0.25, -0.2) is 33.1 Å². The number of pyridine rings is 1. The maximum Gasteiger partial charge on any atom is 0.162 e. The van der Waals surface area contributed by atoms with E-state index in [2.05, 4.69) is 38.4 Å². The first-order chi connectivity index (χ1) is 18.0. The second-order valence-corrected chi connectivity index (χ2v) is 12.4. The van der Waals surface area contributed by atoms with Gasteiger partial charge < -0.3 is 0 Å². The molecule has 0 saturated heterocycles. The van der Waals surface area contributed by atoms with Crippen molar-refractivity contribution in [3.8, 4) is 22.6 Å². The van der Waals surface area contributed by atoms with Gasteiger partial charge in [0, 0.05) is 24.2 Å². The second-order valence-electron chi connectivity index (χ2n) is 10.5. The van der Waals surface area contributed by atoms with Crippen LogP contribution in [0.2, 0.25) is 0 Å². The Balaban J connectivity index is 1.45. The molecule has 1 unspecified atom stereocenters. The Kier molecular flexibility index (Phi) is 5.45. The first-order valence-corrected chi connectivity index (χ1v) is 14.1. The van der Waals surface area contributed by atoms with E-state index in [9.17, 15) is 13.0 Å². The molecule has 6 rings (SSSR count). The zero-order valence-electron chi connectivity index (χ0n) is 21.0. The molecule has 3 heterocycles. The van der Waals surface area contributed by atoms with Gasteiger partial charge in [0.25, 0.3) is 0 Å². The van der Waals surface area contributed by atoms with E-state index < -0.39 is 27.0 Å². The maximum atomic E-state index is 14.5. The predicted octanol–water partition coefficient (Wildman–Crippen LogP) is 5.08. The highest BCUT2D eigenvalue weighted by Crippen LogP contribution is 2.69. The van der Waals surface area contributed by atoms with Crippen molar-refractivity contribution in [1.29, 1.82) is 0 Å². The number of nitrogens with zero attached hydrogens (tertiary/aromatic N) is 6. The van der Waals surface area contributed by atoms with Gasteiger partial charge in [0.2, 0.25) is 0 Å². The highest BCUT2D eigenvalue weighted by atomic mass is 32.2. The lowest BCUT2D eigenvalue weighted by atomic mass is 9.66. The number of benzene rings is 1.